The summed E-state index contributed by atoms with van der Waals surface area (Å²) >= 11 is 0. The fourth-order valence-corrected chi connectivity index (χ4v) is 3.17. The van der Waals surface area contributed by atoms with Gasteiger partial charge in [0.05, 0.1) is 11.1 Å². The van der Waals surface area contributed by atoms with Crippen LogP contribution in [0.2, 0.25) is 0 Å². The number of nitrogens with zero attached hydrogens (tertiary/aromatic N) is 2. The second-order valence-electron chi connectivity index (χ2n) is 6.09. The summed E-state index contributed by atoms with van der Waals surface area (Å²) < 4.78 is 0. The van der Waals surface area contributed by atoms with E-state index in [-0.39, 0.29) is 11.6 Å². The Morgan fingerprint density at radius 3 is 1.42 bits per heavy atom. The van der Waals surface area contributed by atoms with E-state index in [1.165, 1.54) is 0 Å². The first-order valence-corrected chi connectivity index (χ1v) is 8.28. The average Bonchev–Trinajstić information content (AvgIpc) is 2.63. The summed E-state index contributed by atoms with van der Waals surface area (Å²) in [5.41, 5.74) is 3.68. The highest BCUT2D eigenvalue weighted by Gasteiger charge is 2.34. The third kappa shape index (κ3) is 2.30. The molecular formula is C20H22N2O2. The highest BCUT2D eigenvalue weighted by Crippen LogP contribution is 2.38. The summed E-state index contributed by atoms with van der Waals surface area (Å²) in [5.74, 6) is -0.135. The van der Waals surface area contributed by atoms with Crippen LogP contribution < -0.4 is 9.80 Å². The summed E-state index contributed by atoms with van der Waals surface area (Å²) in [6.45, 7) is 5.58. The monoisotopic (exact) mass is 322 g/mol. The highest BCUT2D eigenvalue weighted by molar-refractivity contribution is 6.32. The van der Waals surface area contributed by atoms with E-state index in [4.69, 9.17) is 0 Å². The topological polar surface area (TPSA) is 40.6 Å². The molecule has 0 aromatic heterocycles. The molecule has 0 fully saturated rings. The second kappa shape index (κ2) is 6.11. The smallest absolute Gasteiger partial charge is 0.196 e. The molecular weight excluding hydrogens is 300 g/mol. The molecule has 0 atom stereocenters. The average molecular weight is 322 g/mol. The van der Waals surface area contributed by atoms with Crippen LogP contribution in [0.25, 0.3) is 0 Å². The first-order chi connectivity index (χ1) is 11.5. The van der Waals surface area contributed by atoms with Crippen LogP contribution in [0.1, 0.15) is 45.7 Å². The van der Waals surface area contributed by atoms with Crippen molar-refractivity contribution in [3.8, 4) is 0 Å². The molecule has 0 N–H and O–H groups in total. The molecule has 4 heteroatoms. The Hall–Kier alpha value is -2.62. The zero-order chi connectivity index (χ0) is 17.4. The standard InChI is InChI=1S/C20H22N2O2/c1-5-21(3)15-11-12-16(22(4)6-2)18-17(15)19(23)13-9-7-8-10-14(13)20(18)24/h7-12H,5-6H2,1-4H3. The lowest BCUT2D eigenvalue weighted by Gasteiger charge is -2.29. The number of benzene rings is 2. The Bertz CT molecular complexity index is 758. The van der Waals surface area contributed by atoms with Crippen LogP contribution in [-0.2, 0) is 0 Å². The quantitative estimate of drug-likeness (QED) is 0.738. The van der Waals surface area contributed by atoms with E-state index in [2.05, 4.69) is 0 Å². The van der Waals surface area contributed by atoms with Gasteiger partial charge in [-0.05, 0) is 26.0 Å². The molecule has 3 rings (SSSR count). The van der Waals surface area contributed by atoms with Crippen molar-refractivity contribution in [2.24, 2.45) is 0 Å². The number of anilines is 2. The maximum Gasteiger partial charge on any atom is 0.196 e. The minimum atomic E-state index is -0.0677. The number of fused-ring (bicyclic) bond motifs is 2. The first kappa shape index (κ1) is 16.2. The maximum absolute atomic E-state index is 13.2. The van der Waals surface area contributed by atoms with E-state index in [0.29, 0.717) is 22.3 Å². The van der Waals surface area contributed by atoms with Crippen LogP contribution >= 0.6 is 0 Å². The lowest BCUT2D eigenvalue weighted by Crippen LogP contribution is -2.29. The SMILES string of the molecule is CCN(C)c1ccc(N(C)CC)c2c1C(=O)c1ccccc1C2=O. The van der Waals surface area contributed by atoms with Gasteiger partial charge in [-0.15, -0.1) is 0 Å². The van der Waals surface area contributed by atoms with Gasteiger partial charge in [0.1, 0.15) is 0 Å². The zero-order valence-electron chi connectivity index (χ0n) is 14.6. The van der Waals surface area contributed by atoms with Crippen molar-refractivity contribution in [3.05, 3.63) is 58.7 Å². The van der Waals surface area contributed by atoms with Crippen molar-refractivity contribution < 1.29 is 9.59 Å². The van der Waals surface area contributed by atoms with Crippen LogP contribution in [0.4, 0.5) is 11.4 Å². The number of carbonyl (C=O) groups is 2. The van der Waals surface area contributed by atoms with E-state index < -0.39 is 0 Å². The molecule has 0 amide bonds. The van der Waals surface area contributed by atoms with E-state index >= 15 is 0 Å². The Morgan fingerprint density at radius 1 is 0.708 bits per heavy atom. The Kier molecular flexibility index (Phi) is 4.14. The molecule has 124 valence electrons. The molecule has 0 aliphatic heterocycles. The molecule has 0 heterocycles. The molecule has 0 saturated carbocycles. The zero-order valence-corrected chi connectivity index (χ0v) is 14.6. The molecule has 0 saturated heterocycles. The number of hydrogen-bond acceptors (Lipinski definition) is 4. The van der Waals surface area contributed by atoms with Crippen molar-refractivity contribution in [1.82, 2.24) is 0 Å². The van der Waals surface area contributed by atoms with Crippen LogP contribution in [0.15, 0.2) is 36.4 Å². The Labute approximate surface area is 142 Å². The molecule has 1 aliphatic rings. The summed E-state index contributed by atoms with van der Waals surface area (Å²) in [5, 5.41) is 0. The van der Waals surface area contributed by atoms with E-state index in [1.807, 2.05) is 49.9 Å². The molecule has 2 aromatic rings. The molecule has 0 unspecified atom stereocenters. The van der Waals surface area contributed by atoms with Crippen molar-refractivity contribution in [2.45, 2.75) is 13.8 Å². The first-order valence-electron chi connectivity index (χ1n) is 8.28. The normalized spacial score (nSPS) is 12.7. The third-order valence-corrected chi connectivity index (χ3v) is 4.80. The maximum atomic E-state index is 13.2. The fourth-order valence-electron chi connectivity index (χ4n) is 3.17. The van der Waals surface area contributed by atoms with Gasteiger partial charge in [-0.25, -0.2) is 0 Å². The largest absolute Gasteiger partial charge is 0.374 e. The predicted octanol–water partition coefficient (Wildman–Crippen LogP) is 3.37. The van der Waals surface area contributed by atoms with Gasteiger partial charge in [0, 0.05) is 49.7 Å². The molecule has 0 spiro atoms. The summed E-state index contributed by atoms with van der Waals surface area (Å²) in [6.07, 6.45) is 0. The number of carbonyl (C=O) groups excluding carboxylic acids is 2. The van der Waals surface area contributed by atoms with Gasteiger partial charge in [0.2, 0.25) is 0 Å². The number of rotatable bonds is 4. The van der Waals surface area contributed by atoms with Gasteiger partial charge in [-0.3, -0.25) is 9.59 Å². The van der Waals surface area contributed by atoms with E-state index in [1.54, 1.807) is 24.3 Å². The highest BCUT2D eigenvalue weighted by atomic mass is 16.1. The van der Waals surface area contributed by atoms with Crippen LogP contribution in [0, 0.1) is 0 Å². The van der Waals surface area contributed by atoms with Gasteiger partial charge < -0.3 is 9.80 Å². The Morgan fingerprint density at radius 2 is 1.08 bits per heavy atom. The molecule has 1 aliphatic carbocycles. The van der Waals surface area contributed by atoms with Crippen molar-refractivity contribution in [2.75, 3.05) is 37.0 Å². The fraction of sp³-hybridized carbons (Fsp3) is 0.300. The lowest BCUT2D eigenvalue weighted by atomic mass is 9.82. The van der Waals surface area contributed by atoms with Gasteiger partial charge in [0.25, 0.3) is 0 Å². The lowest BCUT2D eigenvalue weighted by molar-refractivity contribution is 0.0980. The van der Waals surface area contributed by atoms with Crippen LogP contribution in [0.3, 0.4) is 0 Å². The van der Waals surface area contributed by atoms with Gasteiger partial charge in [0.15, 0.2) is 11.6 Å². The van der Waals surface area contributed by atoms with E-state index in [0.717, 1.165) is 24.5 Å². The molecule has 4 nitrogen and oxygen atoms in total. The predicted molar refractivity (Wildman–Crippen MR) is 97.6 cm³/mol. The van der Waals surface area contributed by atoms with E-state index in [9.17, 15) is 9.59 Å². The van der Waals surface area contributed by atoms with Crippen LogP contribution in [0.5, 0.6) is 0 Å². The third-order valence-electron chi connectivity index (χ3n) is 4.80. The summed E-state index contributed by atoms with van der Waals surface area (Å²) in [6, 6.07) is 11.0. The van der Waals surface area contributed by atoms with Crippen molar-refractivity contribution in [3.63, 3.8) is 0 Å². The number of hydrogen-bond donors (Lipinski definition) is 0. The minimum absolute atomic E-state index is 0.0677. The van der Waals surface area contributed by atoms with Gasteiger partial charge in [-0.1, -0.05) is 24.3 Å². The Balaban J connectivity index is 2.35. The summed E-state index contributed by atoms with van der Waals surface area (Å²) in [4.78, 5) is 30.3. The molecule has 0 radical (unpaired) electrons. The van der Waals surface area contributed by atoms with Crippen molar-refractivity contribution >= 4 is 22.9 Å². The number of ketones is 2. The molecule has 2 aromatic carbocycles. The van der Waals surface area contributed by atoms with Crippen LogP contribution in [-0.4, -0.2) is 38.8 Å². The second-order valence-corrected chi connectivity index (χ2v) is 6.09. The molecule has 0 bridgehead atoms. The van der Waals surface area contributed by atoms with Gasteiger partial charge in [-0.2, -0.15) is 0 Å². The van der Waals surface area contributed by atoms with Crippen molar-refractivity contribution in [1.29, 1.82) is 0 Å². The molecule has 24 heavy (non-hydrogen) atoms. The summed E-state index contributed by atoms with van der Waals surface area (Å²) in [7, 11) is 3.88. The van der Waals surface area contributed by atoms with Gasteiger partial charge >= 0.3 is 0 Å². The minimum Gasteiger partial charge on any atom is -0.374 e.